The fraction of sp³-hybridized carbons (Fsp3) is 0.0952. The van der Waals surface area contributed by atoms with Gasteiger partial charge < -0.3 is 11.2 Å². The first-order valence-electron chi connectivity index (χ1n) is 9.45. The Balaban J connectivity index is 1.44. The van der Waals surface area contributed by atoms with Crippen LogP contribution in [0.5, 0.6) is 0 Å². The average molecular weight is 469 g/mol. The third kappa shape index (κ3) is 4.66. The lowest BCUT2D eigenvalue weighted by Crippen LogP contribution is -2.18. The molecule has 0 bridgehead atoms. The predicted octanol–water partition coefficient (Wildman–Crippen LogP) is 4.03. The van der Waals surface area contributed by atoms with E-state index >= 15 is 0 Å². The number of anilines is 1. The van der Waals surface area contributed by atoms with E-state index in [1.54, 1.807) is 0 Å². The summed E-state index contributed by atoms with van der Waals surface area (Å²) in [5.74, 6) is 6.18. The molecule has 0 radical (unpaired) electrons. The molecule has 11 heteroatoms. The van der Waals surface area contributed by atoms with Gasteiger partial charge in [0.1, 0.15) is 5.69 Å². The molecule has 0 atom stereocenters. The quantitative estimate of drug-likeness (QED) is 0.181. The molecule has 0 unspecified atom stereocenters. The van der Waals surface area contributed by atoms with Gasteiger partial charge in [-0.05, 0) is 28.5 Å². The minimum absolute atomic E-state index is 0.0268. The summed E-state index contributed by atoms with van der Waals surface area (Å²) in [6.07, 6.45) is 0.478. The van der Waals surface area contributed by atoms with Crippen molar-refractivity contribution in [3.63, 3.8) is 0 Å². The average Bonchev–Trinajstić information content (AvgIpc) is 3.11. The van der Waals surface area contributed by atoms with Crippen LogP contribution in [0.1, 0.15) is 11.4 Å². The number of aromatic nitrogens is 3. The third-order valence-electron chi connectivity index (χ3n) is 4.73. The minimum atomic E-state index is -0.588. The highest BCUT2D eigenvalue weighted by atomic mass is 35.5. The van der Waals surface area contributed by atoms with E-state index in [0.717, 1.165) is 28.1 Å². The number of nitro benzene ring substituents is 1. The van der Waals surface area contributed by atoms with Crippen molar-refractivity contribution in [2.24, 2.45) is 0 Å². The van der Waals surface area contributed by atoms with Gasteiger partial charge in [-0.3, -0.25) is 14.9 Å². The van der Waals surface area contributed by atoms with Gasteiger partial charge in [-0.25, -0.2) is 4.68 Å². The molecule has 1 aromatic heterocycles. The smallest absolute Gasteiger partial charge is 0.292 e. The summed E-state index contributed by atoms with van der Waals surface area (Å²) in [6, 6.07) is 18.0. The number of nitrogens with zero attached hydrogens (tertiary/aromatic N) is 4. The molecular formula is C21H17ClN6O3S. The molecule has 4 aromatic rings. The fourth-order valence-corrected chi connectivity index (χ4v) is 4.07. The van der Waals surface area contributed by atoms with Crippen molar-refractivity contribution >= 4 is 51.4 Å². The summed E-state index contributed by atoms with van der Waals surface area (Å²) >= 11 is 6.96. The Hall–Kier alpha value is -3.63. The van der Waals surface area contributed by atoms with Gasteiger partial charge in [0, 0.05) is 17.5 Å². The Morgan fingerprint density at radius 1 is 1.16 bits per heavy atom. The van der Waals surface area contributed by atoms with Gasteiger partial charge in [0.2, 0.25) is 11.1 Å². The van der Waals surface area contributed by atoms with Crippen LogP contribution in [-0.4, -0.2) is 31.5 Å². The molecule has 0 saturated heterocycles. The highest BCUT2D eigenvalue weighted by molar-refractivity contribution is 7.99. The van der Waals surface area contributed by atoms with Gasteiger partial charge in [-0.2, -0.15) is 0 Å². The maximum Gasteiger partial charge on any atom is 0.292 e. The summed E-state index contributed by atoms with van der Waals surface area (Å²) in [4.78, 5) is 22.9. The Morgan fingerprint density at radius 3 is 2.75 bits per heavy atom. The highest BCUT2D eigenvalue weighted by Gasteiger charge is 2.18. The first kappa shape index (κ1) is 21.6. The zero-order valence-corrected chi connectivity index (χ0v) is 18.1. The van der Waals surface area contributed by atoms with E-state index in [1.165, 1.54) is 22.9 Å². The van der Waals surface area contributed by atoms with E-state index in [0.29, 0.717) is 17.4 Å². The van der Waals surface area contributed by atoms with Crippen molar-refractivity contribution in [3.05, 3.63) is 87.2 Å². The molecule has 3 N–H and O–H groups in total. The molecule has 0 fully saturated rings. The number of amides is 1. The number of carbonyl (C=O) groups is 1. The lowest BCUT2D eigenvalue weighted by Gasteiger charge is -2.08. The number of nitrogens with two attached hydrogens (primary N) is 1. The number of fused-ring (bicyclic) bond motifs is 1. The summed E-state index contributed by atoms with van der Waals surface area (Å²) < 4.78 is 1.35. The molecule has 3 aromatic carbocycles. The number of benzene rings is 3. The largest absolute Gasteiger partial charge is 0.336 e. The minimum Gasteiger partial charge on any atom is -0.336 e. The highest BCUT2D eigenvalue weighted by Crippen LogP contribution is 2.28. The molecule has 32 heavy (non-hydrogen) atoms. The lowest BCUT2D eigenvalue weighted by atomic mass is 10.0. The van der Waals surface area contributed by atoms with Gasteiger partial charge in [0.25, 0.3) is 5.69 Å². The maximum atomic E-state index is 12.3. The van der Waals surface area contributed by atoms with Gasteiger partial charge in [0.15, 0.2) is 5.82 Å². The van der Waals surface area contributed by atoms with Crippen molar-refractivity contribution in [1.29, 1.82) is 0 Å². The lowest BCUT2D eigenvalue weighted by molar-refractivity contribution is -0.383. The third-order valence-corrected chi connectivity index (χ3v) is 5.90. The number of halogens is 1. The van der Waals surface area contributed by atoms with Crippen LogP contribution in [0.2, 0.25) is 5.02 Å². The van der Waals surface area contributed by atoms with E-state index in [-0.39, 0.29) is 22.2 Å². The first-order valence-corrected chi connectivity index (χ1v) is 10.8. The normalized spacial score (nSPS) is 10.9. The molecular weight excluding hydrogens is 452 g/mol. The number of rotatable bonds is 7. The van der Waals surface area contributed by atoms with Crippen LogP contribution >= 0.6 is 23.4 Å². The molecule has 0 spiro atoms. The summed E-state index contributed by atoms with van der Waals surface area (Å²) in [7, 11) is 0. The summed E-state index contributed by atoms with van der Waals surface area (Å²) in [6.45, 7) is 0. The Bertz CT molecular complexity index is 1320. The van der Waals surface area contributed by atoms with Crippen LogP contribution in [0, 0.1) is 10.1 Å². The van der Waals surface area contributed by atoms with Crippen molar-refractivity contribution in [2.75, 3.05) is 16.9 Å². The molecule has 0 saturated carbocycles. The molecule has 0 aliphatic heterocycles. The Kier molecular flexibility index (Phi) is 6.24. The number of hydrogen-bond donors (Lipinski definition) is 2. The molecule has 1 amide bonds. The number of nitrogen functional groups attached to an aromatic ring is 1. The Morgan fingerprint density at radius 2 is 1.94 bits per heavy atom. The zero-order valence-electron chi connectivity index (χ0n) is 16.6. The Labute approximate surface area is 191 Å². The second-order valence-corrected chi connectivity index (χ2v) is 8.22. The second-order valence-electron chi connectivity index (χ2n) is 6.84. The fourth-order valence-electron chi connectivity index (χ4n) is 3.23. The number of nitro groups is 1. The molecule has 9 nitrogen and oxygen atoms in total. The monoisotopic (exact) mass is 468 g/mol. The predicted molar refractivity (Wildman–Crippen MR) is 124 cm³/mol. The number of carbonyl (C=O) groups excluding carboxylic acids is 1. The van der Waals surface area contributed by atoms with Crippen LogP contribution in [0.3, 0.4) is 0 Å². The van der Waals surface area contributed by atoms with Crippen molar-refractivity contribution < 1.29 is 9.72 Å². The number of hydrogen-bond acceptors (Lipinski definition) is 7. The van der Waals surface area contributed by atoms with E-state index in [9.17, 15) is 14.9 Å². The SMILES string of the molecule is Nn1c(Cc2cccc3ccccc23)nnc1SCC(=O)Nc1cc(Cl)ccc1[N+](=O)[O-]. The first-order chi connectivity index (χ1) is 15.4. The van der Waals surface area contributed by atoms with Gasteiger partial charge >= 0.3 is 0 Å². The zero-order chi connectivity index (χ0) is 22.7. The standard InChI is InChI=1S/C21H17ClN6O3S/c22-15-8-9-18(28(30)31)17(11-15)24-20(29)12-32-21-26-25-19(27(21)23)10-14-6-3-5-13-4-1-2-7-16(13)14/h1-9,11H,10,12,23H2,(H,24,29). The molecule has 162 valence electrons. The number of nitrogens with one attached hydrogen (secondary N) is 1. The van der Waals surface area contributed by atoms with Crippen LogP contribution in [0.4, 0.5) is 11.4 Å². The maximum absolute atomic E-state index is 12.3. The van der Waals surface area contributed by atoms with Crippen molar-refractivity contribution in [2.45, 2.75) is 11.6 Å². The molecule has 4 rings (SSSR count). The molecule has 1 heterocycles. The van der Waals surface area contributed by atoms with Crippen LogP contribution in [0.15, 0.2) is 65.8 Å². The molecule has 0 aliphatic carbocycles. The van der Waals surface area contributed by atoms with E-state index < -0.39 is 10.8 Å². The van der Waals surface area contributed by atoms with Crippen LogP contribution in [-0.2, 0) is 11.2 Å². The van der Waals surface area contributed by atoms with Gasteiger partial charge in [0.05, 0.1) is 10.7 Å². The van der Waals surface area contributed by atoms with Crippen molar-refractivity contribution in [1.82, 2.24) is 14.9 Å². The van der Waals surface area contributed by atoms with Gasteiger partial charge in [-0.15, -0.1) is 10.2 Å². The second kappa shape index (κ2) is 9.25. The summed E-state index contributed by atoms with van der Waals surface area (Å²) in [5, 5.41) is 24.7. The van der Waals surface area contributed by atoms with Crippen LogP contribution < -0.4 is 11.2 Å². The summed E-state index contributed by atoms with van der Waals surface area (Å²) in [5.41, 5.74) is 0.843. The van der Waals surface area contributed by atoms with E-state index in [1.807, 2.05) is 42.5 Å². The van der Waals surface area contributed by atoms with E-state index in [4.69, 9.17) is 17.4 Å². The van der Waals surface area contributed by atoms with E-state index in [2.05, 4.69) is 15.5 Å². The van der Waals surface area contributed by atoms with Crippen LogP contribution in [0.25, 0.3) is 10.8 Å². The topological polar surface area (TPSA) is 129 Å². The number of thioether (sulfide) groups is 1. The van der Waals surface area contributed by atoms with Crippen molar-refractivity contribution in [3.8, 4) is 0 Å². The molecule has 0 aliphatic rings. The van der Waals surface area contributed by atoms with Gasteiger partial charge in [-0.1, -0.05) is 65.8 Å².